The van der Waals surface area contributed by atoms with Crippen molar-refractivity contribution in [3.63, 3.8) is 0 Å². The molecule has 0 bridgehead atoms. The van der Waals surface area contributed by atoms with E-state index < -0.39 is 6.10 Å². The summed E-state index contributed by atoms with van der Waals surface area (Å²) in [5.74, 6) is 1.26. The van der Waals surface area contributed by atoms with E-state index >= 15 is 0 Å². The van der Waals surface area contributed by atoms with Crippen LogP contribution in [0.15, 0.2) is 4.79 Å². The first-order valence-corrected chi connectivity index (χ1v) is 11.3. The lowest BCUT2D eigenvalue weighted by atomic mass is 9.97. The molecular weight excluding hydrogens is 374 g/mol. The quantitative estimate of drug-likeness (QED) is 0.633. The highest BCUT2D eigenvalue weighted by Crippen LogP contribution is 2.33. The molecule has 0 spiro atoms. The molecule has 2 heterocycles. The lowest BCUT2D eigenvalue weighted by molar-refractivity contribution is 0.0183. The number of aliphatic hydroxyl groups is 1. The molecule has 1 atom stereocenters. The maximum Gasteiger partial charge on any atom is 0.259 e. The van der Waals surface area contributed by atoms with E-state index in [0.29, 0.717) is 38.0 Å². The number of nitrogens with zero attached hydrogens (tertiary/aromatic N) is 2. The molecule has 156 valence electrons. The summed E-state index contributed by atoms with van der Waals surface area (Å²) in [5.41, 5.74) is 1.20. The summed E-state index contributed by atoms with van der Waals surface area (Å²) in [4.78, 5) is 24.9. The van der Waals surface area contributed by atoms with Crippen LogP contribution in [-0.4, -0.2) is 52.4 Å². The number of aryl methyl sites for hydroxylation is 2. The van der Waals surface area contributed by atoms with Crippen LogP contribution in [0.5, 0.6) is 0 Å². The Morgan fingerprint density at radius 1 is 1.32 bits per heavy atom. The van der Waals surface area contributed by atoms with Gasteiger partial charge in [-0.15, -0.1) is 11.3 Å². The topological polar surface area (TPSA) is 78.5 Å². The van der Waals surface area contributed by atoms with Crippen molar-refractivity contribution in [3.05, 3.63) is 26.6 Å². The molecule has 0 saturated carbocycles. The second-order valence-electron chi connectivity index (χ2n) is 8.13. The van der Waals surface area contributed by atoms with E-state index in [1.165, 1.54) is 16.9 Å². The van der Waals surface area contributed by atoms with Crippen molar-refractivity contribution in [2.24, 2.45) is 5.92 Å². The van der Waals surface area contributed by atoms with E-state index in [4.69, 9.17) is 9.72 Å². The van der Waals surface area contributed by atoms with Crippen LogP contribution in [0.3, 0.4) is 0 Å². The minimum atomic E-state index is -0.545. The molecule has 0 fully saturated rings. The Labute approximate surface area is 170 Å². The van der Waals surface area contributed by atoms with Crippen LogP contribution in [0.25, 0.3) is 10.2 Å². The van der Waals surface area contributed by atoms with Gasteiger partial charge < -0.3 is 14.8 Å². The summed E-state index contributed by atoms with van der Waals surface area (Å²) in [5, 5.41) is 11.1. The average molecular weight is 408 g/mol. The number of thiophene rings is 1. The van der Waals surface area contributed by atoms with Gasteiger partial charge in [-0.05, 0) is 57.1 Å². The van der Waals surface area contributed by atoms with E-state index in [2.05, 4.69) is 23.7 Å². The molecule has 0 unspecified atom stereocenters. The number of nitrogens with one attached hydrogen (secondary N) is 1. The van der Waals surface area contributed by atoms with Crippen molar-refractivity contribution in [1.82, 2.24) is 14.9 Å². The summed E-state index contributed by atoms with van der Waals surface area (Å²) < 4.78 is 5.35. The minimum absolute atomic E-state index is 0.0157. The largest absolute Gasteiger partial charge is 0.389 e. The van der Waals surface area contributed by atoms with Gasteiger partial charge >= 0.3 is 0 Å². The third kappa shape index (κ3) is 5.41. The maximum atomic E-state index is 12.8. The number of rotatable bonds is 10. The molecule has 0 saturated heterocycles. The molecular formula is C21H33N3O3S. The molecule has 0 amide bonds. The molecule has 2 aromatic rings. The minimum Gasteiger partial charge on any atom is -0.389 e. The Morgan fingerprint density at radius 2 is 2.11 bits per heavy atom. The van der Waals surface area contributed by atoms with Crippen LogP contribution in [0, 0.1) is 5.92 Å². The van der Waals surface area contributed by atoms with Crippen LogP contribution in [0.4, 0.5) is 0 Å². The number of hydrogen-bond acceptors (Lipinski definition) is 6. The zero-order valence-electron chi connectivity index (χ0n) is 17.3. The monoisotopic (exact) mass is 407 g/mol. The fourth-order valence-electron chi connectivity index (χ4n) is 3.78. The third-order valence-electron chi connectivity index (χ3n) is 5.25. The van der Waals surface area contributed by atoms with Crippen LogP contribution in [0.2, 0.25) is 0 Å². The Hall–Kier alpha value is -1.28. The molecule has 2 N–H and O–H groups in total. The number of hydrogen-bond donors (Lipinski definition) is 2. The van der Waals surface area contributed by atoms with Crippen molar-refractivity contribution in [2.75, 3.05) is 26.3 Å². The van der Waals surface area contributed by atoms with Crippen LogP contribution in [-0.2, 0) is 24.1 Å². The van der Waals surface area contributed by atoms with Crippen LogP contribution in [0.1, 0.15) is 56.3 Å². The fraction of sp³-hybridized carbons (Fsp3) is 0.714. The normalized spacial score (nSPS) is 15.5. The molecule has 3 rings (SSSR count). The van der Waals surface area contributed by atoms with Crippen LogP contribution < -0.4 is 5.56 Å². The average Bonchev–Trinajstić information content (AvgIpc) is 3.03. The number of aliphatic hydroxyl groups excluding tert-OH is 1. The Morgan fingerprint density at radius 3 is 2.86 bits per heavy atom. The highest BCUT2D eigenvalue weighted by atomic mass is 32.1. The molecule has 7 heteroatoms. The SMILES string of the molecule is CCOC[C@H](O)CN(CCC(C)C)Cc1nc2sc3c(c2c(=O)[nH]1)CCCC3. The summed E-state index contributed by atoms with van der Waals surface area (Å²) in [7, 11) is 0. The maximum absolute atomic E-state index is 12.8. The molecule has 1 aliphatic rings. The number of aromatic amines is 1. The van der Waals surface area contributed by atoms with E-state index in [-0.39, 0.29) is 5.56 Å². The van der Waals surface area contributed by atoms with Gasteiger partial charge in [-0.3, -0.25) is 9.69 Å². The van der Waals surface area contributed by atoms with Crippen molar-refractivity contribution < 1.29 is 9.84 Å². The highest BCUT2D eigenvalue weighted by molar-refractivity contribution is 7.18. The summed E-state index contributed by atoms with van der Waals surface area (Å²) in [6, 6.07) is 0. The van der Waals surface area contributed by atoms with Gasteiger partial charge in [0.2, 0.25) is 0 Å². The molecule has 6 nitrogen and oxygen atoms in total. The molecule has 1 aliphatic carbocycles. The van der Waals surface area contributed by atoms with Gasteiger partial charge in [0.25, 0.3) is 5.56 Å². The number of fused-ring (bicyclic) bond motifs is 3. The lowest BCUT2D eigenvalue weighted by Gasteiger charge is -2.25. The fourth-order valence-corrected chi connectivity index (χ4v) is 5.06. The van der Waals surface area contributed by atoms with E-state index in [1.54, 1.807) is 11.3 Å². The first-order chi connectivity index (χ1) is 13.5. The van der Waals surface area contributed by atoms with Gasteiger partial charge in [0.15, 0.2) is 0 Å². The molecule has 0 radical (unpaired) electrons. The third-order valence-corrected chi connectivity index (χ3v) is 6.44. The molecule has 0 aliphatic heterocycles. The van der Waals surface area contributed by atoms with Crippen molar-refractivity contribution in [2.45, 2.75) is 65.5 Å². The Balaban J connectivity index is 1.78. The van der Waals surface area contributed by atoms with E-state index in [9.17, 15) is 9.90 Å². The molecule has 2 aromatic heterocycles. The van der Waals surface area contributed by atoms with Gasteiger partial charge in [0.05, 0.1) is 24.6 Å². The van der Waals surface area contributed by atoms with Crippen molar-refractivity contribution in [1.29, 1.82) is 0 Å². The van der Waals surface area contributed by atoms with Crippen LogP contribution >= 0.6 is 11.3 Å². The number of ether oxygens (including phenoxy) is 1. The second-order valence-corrected chi connectivity index (χ2v) is 9.22. The van der Waals surface area contributed by atoms with E-state index in [0.717, 1.165) is 42.4 Å². The first kappa shape index (κ1) is 21.4. The number of aromatic nitrogens is 2. The van der Waals surface area contributed by atoms with Gasteiger partial charge in [0.1, 0.15) is 10.7 Å². The van der Waals surface area contributed by atoms with Gasteiger partial charge in [-0.2, -0.15) is 0 Å². The van der Waals surface area contributed by atoms with E-state index in [1.807, 2.05) is 6.92 Å². The molecule has 0 aromatic carbocycles. The summed E-state index contributed by atoms with van der Waals surface area (Å²) in [6.07, 6.45) is 4.89. The van der Waals surface area contributed by atoms with Crippen molar-refractivity contribution >= 4 is 21.6 Å². The number of H-pyrrole nitrogens is 1. The summed E-state index contributed by atoms with van der Waals surface area (Å²) >= 11 is 1.68. The predicted molar refractivity (Wildman–Crippen MR) is 114 cm³/mol. The zero-order chi connectivity index (χ0) is 20.1. The summed E-state index contributed by atoms with van der Waals surface area (Å²) in [6.45, 7) is 9.12. The first-order valence-electron chi connectivity index (χ1n) is 10.5. The van der Waals surface area contributed by atoms with Gasteiger partial charge in [0, 0.05) is 18.0 Å². The highest BCUT2D eigenvalue weighted by Gasteiger charge is 2.21. The molecule has 28 heavy (non-hydrogen) atoms. The Kier molecular flexibility index (Phi) is 7.62. The van der Waals surface area contributed by atoms with Gasteiger partial charge in [-0.25, -0.2) is 4.98 Å². The standard InChI is InChI=1S/C21H33N3O3S/c1-4-27-13-15(25)11-24(10-9-14(2)3)12-18-22-20(26)19-16-7-5-6-8-17(16)28-21(19)23-18/h14-15,25H,4-13H2,1-3H3,(H,22,23,26)/t15-/m1/s1. The second kappa shape index (κ2) is 9.96. The zero-order valence-corrected chi connectivity index (χ0v) is 18.1. The predicted octanol–water partition coefficient (Wildman–Crippen LogP) is 3.11. The van der Waals surface area contributed by atoms with Gasteiger partial charge in [-0.1, -0.05) is 13.8 Å². The van der Waals surface area contributed by atoms with Crippen molar-refractivity contribution in [3.8, 4) is 0 Å². The lowest BCUT2D eigenvalue weighted by Crippen LogP contribution is -2.36. The smallest absolute Gasteiger partial charge is 0.259 e. The Bertz CT molecular complexity index is 830.